The molecule has 0 aromatic carbocycles. The van der Waals surface area contributed by atoms with Gasteiger partial charge in [0.15, 0.2) is 0 Å². The molecule has 0 bridgehead atoms. The lowest BCUT2D eigenvalue weighted by Crippen LogP contribution is -2.39. The summed E-state index contributed by atoms with van der Waals surface area (Å²) in [7, 11) is 1.15. The number of methoxy groups -OCH3 is 1. The molecule has 1 unspecified atom stereocenters. The number of rotatable bonds is 4. The van der Waals surface area contributed by atoms with Gasteiger partial charge in [0.05, 0.1) is 7.11 Å². The van der Waals surface area contributed by atoms with E-state index in [2.05, 4.69) is 10.1 Å². The van der Waals surface area contributed by atoms with E-state index in [1.807, 2.05) is 0 Å². The van der Waals surface area contributed by atoms with E-state index in [0.29, 0.717) is 0 Å². The van der Waals surface area contributed by atoms with Crippen molar-refractivity contribution in [3.63, 3.8) is 0 Å². The third-order valence-corrected chi connectivity index (χ3v) is 1.28. The van der Waals surface area contributed by atoms with Gasteiger partial charge in [-0.3, -0.25) is 14.4 Å². The molecule has 0 saturated heterocycles. The first-order chi connectivity index (χ1) is 5.97. The van der Waals surface area contributed by atoms with Crippen molar-refractivity contribution >= 4 is 17.8 Å². The summed E-state index contributed by atoms with van der Waals surface area (Å²) in [6, 6.07) is -1.00. The van der Waals surface area contributed by atoms with Gasteiger partial charge in [-0.1, -0.05) is 0 Å². The van der Waals surface area contributed by atoms with Gasteiger partial charge in [0, 0.05) is 0 Å². The SMILES string of the molecule is COC(=O)CC(=O)NC(C)C(=O)O. The first-order valence-electron chi connectivity index (χ1n) is 3.56. The van der Waals surface area contributed by atoms with Gasteiger partial charge >= 0.3 is 11.9 Å². The maximum absolute atomic E-state index is 10.9. The van der Waals surface area contributed by atoms with Crippen molar-refractivity contribution in [1.29, 1.82) is 0 Å². The maximum Gasteiger partial charge on any atom is 0.325 e. The Bertz CT molecular complexity index is 225. The van der Waals surface area contributed by atoms with Crippen molar-refractivity contribution in [3.8, 4) is 0 Å². The normalized spacial score (nSPS) is 11.5. The number of hydrogen-bond donors (Lipinski definition) is 2. The number of hydrogen-bond acceptors (Lipinski definition) is 4. The Hall–Kier alpha value is -1.59. The summed E-state index contributed by atoms with van der Waals surface area (Å²) in [5, 5.41) is 10.5. The summed E-state index contributed by atoms with van der Waals surface area (Å²) < 4.78 is 4.22. The standard InChI is InChI=1S/C7H11NO5/c1-4(7(11)12)8-5(9)3-6(10)13-2/h4H,3H2,1-2H3,(H,8,9)(H,11,12). The predicted octanol–water partition coefficient (Wildman–Crippen LogP) is -0.861. The largest absolute Gasteiger partial charge is 0.480 e. The smallest absolute Gasteiger partial charge is 0.325 e. The Morgan fingerprint density at radius 3 is 2.38 bits per heavy atom. The van der Waals surface area contributed by atoms with Gasteiger partial charge < -0.3 is 15.2 Å². The lowest BCUT2D eigenvalue weighted by molar-refractivity contribution is -0.146. The van der Waals surface area contributed by atoms with Crippen molar-refractivity contribution in [2.75, 3.05) is 7.11 Å². The van der Waals surface area contributed by atoms with Crippen LogP contribution in [0, 0.1) is 0 Å². The minimum absolute atomic E-state index is 0.464. The molecule has 0 fully saturated rings. The first-order valence-corrected chi connectivity index (χ1v) is 3.56. The number of aliphatic carboxylic acids is 1. The molecule has 13 heavy (non-hydrogen) atoms. The number of carboxylic acid groups (broad SMARTS) is 1. The molecule has 1 amide bonds. The highest BCUT2D eigenvalue weighted by Gasteiger charge is 2.16. The molecular formula is C7H11NO5. The lowest BCUT2D eigenvalue weighted by atomic mass is 10.3. The predicted molar refractivity (Wildman–Crippen MR) is 41.9 cm³/mol. The van der Waals surface area contributed by atoms with Crippen molar-refractivity contribution in [1.82, 2.24) is 5.32 Å². The van der Waals surface area contributed by atoms with E-state index in [1.165, 1.54) is 6.92 Å². The average Bonchev–Trinajstić information content (AvgIpc) is 2.03. The van der Waals surface area contributed by atoms with Crippen molar-refractivity contribution in [2.45, 2.75) is 19.4 Å². The molecule has 2 N–H and O–H groups in total. The van der Waals surface area contributed by atoms with E-state index in [0.717, 1.165) is 7.11 Å². The van der Waals surface area contributed by atoms with E-state index < -0.39 is 30.3 Å². The topological polar surface area (TPSA) is 92.7 Å². The van der Waals surface area contributed by atoms with Crippen LogP contribution in [0.15, 0.2) is 0 Å². The summed E-state index contributed by atoms with van der Waals surface area (Å²) in [6.07, 6.45) is -0.464. The molecule has 1 atom stereocenters. The highest BCUT2D eigenvalue weighted by molar-refractivity contribution is 5.95. The number of carbonyl (C=O) groups is 3. The van der Waals surface area contributed by atoms with Gasteiger partial charge in [0.25, 0.3) is 0 Å². The summed E-state index contributed by atoms with van der Waals surface area (Å²) in [5.41, 5.74) is 0. The molecule has 0 aliphatic heterocycles. The van der Waals surface area contributed by atoms with E-state index >= 15 is 0 Å². The number of carboxylic acids is 1. The van der Waals surface area contributed by atoms with E-state index in [9.17, 15) is 14.4 Å². The zero-order chi connectivity index (χ0) is 10.4. The Kier molecular flexibility index (Phi) is 4.50. The number of carbonyl (C=O) groups excluding carboxylic acids is 2. The second kappa shape index (κ2) is 5.13. The fourth-order valence-corrected chi connectivity index (χ4v) is 0.558. The van der Waals surface area contributed by atoms with Crippen molar-refractivity contribution in [3.05, 3.63) is 0 Å². The van der Waals surface area contributed by atoms with Crippen LogP contribution in [-0.4, -0.2) is 36.1 Å². The summed E-state index contributed by atoms with van der Waals surface area (Å²) >= 11 is 0. The van der Waals surface area contributed by atoms with Crippen LogP contribution < -0.4 is 5.32 Å². The summed E-state index contributed by atoms with van der Waals surface area (Å²) in [4.78, 5) is 31.7. The van der Waals surface area contributed by atoms with Gasteiger partial charge in [-0.15, -0.1) is 0 Å². The van der Waals surface area contributed by atoms with Crippen LogP contribution in [-0.2, 0) is 19.1 Å². The fourth-order valence-electron chi connectivity index (χ4n) is 0.558. The molecule has 0 saturated carbocycles. The van der Waals surface area contributed by atoms with Crippen LogP contribution in [0.25, 0.3) is 0 Å². The highest BCUT2D eigenvalue weighted by Crippen LogP contribution is 1.87. The maximum atomic E-state index is 10.9. The lowest BCUT2D eigenvalue weighted by Gasteiger charge is -2.07. The van der Waals surface area contributed by atoms with Gasteiger partial charge in [0.2, 0.25) is 5.91 Å². The third-order valence-electron chi connectivity index (χ3n) is 1.28. The Balaban J connectivity index is 3.88. The zero-order valence-corrected chi connectivity index (χ0v) is 7.36. The average molecular weight is 189 g/mol. The minimum atomic E-state index is -1.15. The van der Waals surface area contributed by atoms with Crippen molar-refractivity contribution < 1.29 is 24.2 Å². The molecule has 0 aliphatic carbocycles. The quantitative estimate of drug-likeness (QED) is 0.443. The second-order valence-corrected chi connectivity index (χ2v) is 2.38. The van der Waals surface area contributed by atoms with E-state index in [1.54, 1.807) is 0 Å². The Morgan fingerprint density at radius 2 is 2.00 bits per heavy atom. The Morgan fingerprint density at radius 1 is 1.46 bits per heavy atom. The van der Waals surface area contributed by atoms with E-state index in [-0.39, 0.29) is 0 Å². The number of nitrogens with one attached hydrogen (secondary N) is 1. The summed E-state index contributed by atoms with van der Waals surface area (Å²) in [5.74, 6) is -2.52. The first kappa shape index (κ1) is 11.4. The van der Waals surface area contributed by atoms with Crippen molar-refractivity contribution in [2.24, 2.45) is 0 Å². The molecule has 0 heterocycles. The second-order valence-electron chi connectivity index (χ2n) is 2.38. The molecule has 74 valence electrons. The Labute approximate surface area is 74.9 Å². The third kappa shape index (κ3) is 4.78. The van der Waals surface area contributed by atoms with Crippen LogP contribution in [0.3, 0.4) is 0 Å². The van der Waals surface area contributed by atoms with Crippen LogP contribution >= 0.6 is 0 Å². The molecule has 0 aromatic rings. The molecular weight excluding hydrogens is 178 g/mol. The van der Waals surface area contributed by atoms with Gasteiger partial charge in [-0.2, -0.15) is 0 Å². The van der Waals surface area contributed by atoms with Crippen LogP contribution in [0.5, 0.6) is 0 Å². The number of amides is 1. The highest BCUT2D eigenvalue weighted by atomic mass is 16.5. The molecule has 0 aliphatic rings. The summed E-state index contributed by atoms with van der Waals surface area (Å²) in [6.45, 7) is 1.30. The van der Waals surface area contributed by atoms with Crippen LogP contribution in [0.1, 0.15) is 13.3 Å². The molecule has 0 radical (unpaired) electrons. The van der Waals surface area contributed by atoms with Crippen LogP contribution in [0.4, 0.5) is 0 Å². The minimum Gasteiger partial charge on any atom is -0.480 e. The fraction of sp³-hybridized carbons (Fsp3) is 0.571. The molecule has 6 nitrogen and oxygen atoms in total. The molecule has 6 heteroatoms. The molecule has 0 aromatic heterocycles. The monoisotopic (exact) mass is 189 g/mol. The van der Waals surface area contributed by atoms with Gasteiger partial charge in [0.1, 0.15) is 12.5 Å². The van der Waals surface area contributed by atoms with E-state index in [4.69, 9.17) is 5.11 Å². The number of esters is 1. The van der Waals surface area contributed by atoms with Gasteiger partial charge in [-0.25, -0.2) is 0 Å². The van der Waals surface area contributed by atoms with Gasteiger partial charge in [-0.05, 0) is 6.92 Å². The van der Waals surface area contributed by atoms with Crippen LogP contribution in [0.2, 0.25) is 0 Å². The number of ether oxygens (including phenoxy) is 1. The zero-order valence-electron chi connectivity index (χ0n) is 7.36. The molecule has 0 spiro atoms. The molecule has 0 rings (SSSR count).